The average Bonchev–Trinajstić information content (AvgIpc) is 3.23. The standard InChI is InChI=1S/C22H23ClN4O2/c23-19-8-4-5-9-21(19)29-17-27-11-10-20(24-27)22(28)26-14-12-25(13-15-26)16-18-6-2-1-3-7-18/h1-11H,12-17H2. The largest absolute Gasteiger partial charge is 0.470 e. The summed E-state index contributed by atoms with van der Waals surface area (Å²) in [5, 5.41) is 4.91. The summed E-state index contributed by atoms with van der Waals surface area (Å²) in [6, 6.07) is 19.4. The van der Waals surface area contributed by atoms with Gasteiger partial charge in [-0.1, -0.05) is 54.1 Å². The van der Waals surface area contributed by atoms with Crippen LogP contribution in [0.25, 0.3) is 0 Å². The molecule has 4 rings (SSSR count). The number of halogens is 1. The summed E-state index contributed by atoms with van der Waals surface area (Å²) in [4.78, 5) is 17.0. The summed E-state index contributed by atoms with van der Waals surface area (Å²) in [5.41, 5.74) is 1.73. The molecule has 0 radical (unpaired) electrons. The summed E-state index contributed by atoms with van der Waals surface area (Å²) in [5.74, 6) is 0.549. The molecule has 2 aromatic carbocycles. The molecule has 2 heterocycles. The molecule has 0 N–H and O–H groups in total. The molecule has 1 aliphatic rings. The van der Waals surface area contributed by atoms with Crippen LogP contribution in [0.1, 0.15) is 16.1 Å². The molecule has 0 atom stereocenters. The molecule has 0 saturated carbocycles. The fraction of sp³-hybridized carbons (Fsp3) is 0.273. The summed E-state index contributed by atoms with van der Waals surface area (Å²) < 4.78 is 7.27. The second kappa shape index (κ2) is 9.11. The summed E-state index contributed by atoms with van der Waals surface area (Å²) in [6.45, 7) is 4.23. The number of carbonyl (C=O) groups excluding carboxylic acids is 1. The molecule has 1 amide bonds. The lowest BCUT2D eigenvalue weighted by Crippen LogP contribution is -2.48. The van der Waals surface area contributed by atoms with E-state index in [-0.39, 0.29) is 12.6 Å². The van der Waals surface area contributed by atoms with Gasteiger partial charge in [-0.3, -0.25) is 9.69 Å². The SMILES string of the molecule is O=C(c1ccn(COc2ccccc2Cl)n1)N1CCN(Cc2ccccc2)CC1. The Morgan fingerprint density at radius 1 is 0.966 bits per heavy atom. The number of piperazine rings is 1. The second-order valence-corrected chi connectivity index (χ2v) is 7.41. The van der Waals surface area contributed by atoms with Crippen molar-refractivity contribution in [2.24, 2.45) is 0 Å². The highest BCUT2D eigenvalue weighted by atomic mass is 35.5. The van der Waals surface area contributed by atoms with Crippen molar-refractivity contribution < 1.29 is 9.53 Å². The third kappa shape index (κ3) is 4.96. The van der Waals surface area contributed by atoms with Gasteiger partial charge in [0.1, 0.15) is 5.75 Å². The Hall–Kier alpha value is -2.83. The van der Waals surface area contributed by atoms with Gasteiger partial charge in [-0.2, -0.15) is 5.10 Å². The Morgan fingerprint density at radius 2 is 1.69 bits per heavy atom. The minimum Gasteiger partial charge on any atom is -0.470 e. The van der Waals surface area contributed by atoms with E-state index in [9.17, 15) is 4.79 Å². The Kier molecular flexibility index (Phi) is 6.12. The van der Waals surface area contributed by atoms with Gasteiger partial charge in [0.15, 0.2) is 12.4 Å². The van der Waals surface area contributed by atoms with Crippen molar-refractivity contribution in [3.63, 3.8) is 0 Å². The Morgan fingerprint density at radius 3 is 2.45 bits per heavy atom. The molecule has 0 spiro atoms. The number of aromatic nitrogens is 2. The van der Waals surface area contributed by atoms with Crippen LogP contribution in [0.15, 0.2) is 66.9 Å². The van der Waals surface area contributed by atoms with Crippen molar-refractivity contribution in [2.75, 3.05) is 26.2 Å². The lowest BCUT2D eigenvalue weighted by molar-refractivity contribution is 0.0621. The van der Waals surface area contributed by atoms with E-state index in [0.717, 1.165) is 19.6 Å². The highest BCUT2D eigenvalue weighted by Gasteiger charge is 2.23. The predicted octanol–water partition coefficient (Wildman–Crippen LogP) is 3.53. The van der Waals surface area contributed by atoms with Crippen LogP contribution >= 0.6 is 11.6 Å². The summed E-state index contributed by atoms with van der Waals surface area (Å²) in [6.07, 6.45) is 1.75. The van der Waals surface area contributed by atoms with Crippen LogP contribution in [0.5, 0.6) is 5.75 Å². The van der Waals surface area contributed by atoms with Crippen LogP contribution in [0, 0.1) is 0 Å². The van der Waals surface area contributed by atoms with Gasteiger partial charge in [0.25, 0.3) is 5.91 Å². The van der Waals surface area contributed by atoms with Crippen molar-refractivity contribution in [3.8, 4) is 5.75 Å². The van der Waals surface area contributed by atoms with Crippen molar-refractivity contribution in [3.05, 3.63) is 83.1 Å². The Labute approximate surface area is 175 Å². The van der Waals surface area contributed by atoms with Gasteiger partial charge in [-0.15, -0.1) is 0 Å². The first-order chi connectivity index (χ1) is 14.2. The first-order valence-electron chi connectivity index (χ1n) is 9.65. The number of para-hydroxylation sites is 1. The third-order valence-corrected chi connectivity index (χ3v) is 5.27. The number of benzene rings is 2. The summed E-state index contributed by atoms with van der Waals surface area (Å²) in [7, 11) is 0. The molecule has 150 valence electrons. The van der Waals surface area contributed by atoms with Crippen LogP contribution in [0.2, 0.25) is 5.02 Å². The van der Waals surface area contributed by atoms with Gasteiger partial charge in [0.05, 0.1) is 5.02 Å². The van der Waals surface area contributed by atoms with Crippen molar-refractivity contribution in [1.29, 1.82) is 0 Å². The molecule has 0 bridgehead atoms. The molecule has 0 aliphatic carbocycles. The van der Waals surface area contributed by atoms with Crippen molar-refractivity contribution in [1.82, 2.24) is 19.6 Å². The van der Waals surface area contributed by atoms with E-state index in [2.05, 4.69) is 34.3 Å². The number of amides is 1. The van der Waals surface area contributed by atoms with E-state index < -0.39 is 0 Å². The minimum absolute atomic E-state index is 0.0409. The van der Waals surface area contributed by atoms with Crippen LogP contribution in [-0.4, -0.2) is 51.7 Å². The van der Waals surface area contributed by atoms with E-state index in [4.69, 9.17) is 16.3 Å². The normalized spacial score (nSPS) is 14.7. The molecule has 29 heavy (non-hydrogen) atoms. The topological polar surface area (TPSA) is 50.6 Å². The molecular weight excluding hydrogens is 388 g/mol. The van der Waals surface area contributed by atoms with Crippen LogP contribution in [0.3, 0.4) is 0 Å². The number of hydrogen-bond donors (Lipinski definition) is 0. The second-order valence-electron chi connectivity index (χ2n) is 7.00. The number of rotatable bonds is 6. The average molecular weight is 411 g/mol. The number of hydrogen-bond acceptors (Lipinski definition) is 4. The summed E-state index contributed by atoms with van der Waals surface area (Å²) >= 11 is 6.09. The van der Waals surface area contributed by atoms with Crippen LogP contribution in [0.4, 0.5) is 0 Å². The van der Waals surface area contributed by atoms with Gasteiger partial charge in [0, 0.05) is 38.9 Å². The maximum Gasteiger partial charge on any atom is 0.274 e. The zero-order valence-corrected chi connectivity index (χ0v) is 16.8. The zero-order chi connectivity index (χ0) is 20.1. The predicted molar refractivity (Wildman–Crippen MR) is 112 cm³/mol. The monoisotopic (exact) mass is 410 g/mol. The molecule has 6 nitrogen and oxygen atoms in total. The van der Waals surface area contributed by atoms with E-state index >= 15 is 0 Å². The molecule has 1 aliphatic heterocycles. The Balaban J connectivity index is 1.29. The fourth-order valence-electron chi connectivity index (χ4n) is 3.36. The van der Waals surface area contributed by atoms with Crippen molar-refractivity contribution in [2.45, 2.75) is 13.3 Å². The van der Waals surface area contributed by atoms with Gasteiger partial charge in [-0.05, 0) is 23.8 Å². The zero-order valence-electron chi connectivity index (χ0n) is 16.1. The number of carbonyl (C=O) groups is 1. The highest BCUT2D eigenvalue weighted by Crippen LogP contribution is 2.23. The van der Waals surface area contributed by atoms with Gasteiger partial charge < -0.3 is 9.64 Å². The highest BCUT2D eigenvalue weighted by molar-refractivity contribution is 6.32. The lowest BCUT2D eigenvalue weighted by Gasteiger charge is -2.34. The number of ether oxygens (including phenoxy) is 1. The number of nitrogens with zero attached hydrogens (tertiary/aromatic N) is 4. The van der Waals surface area contributed by atoms with Gasteiger partial charge in [-0.25, -0.2) is 4.68 Å². The molecule has 7 heteroatoms. The fourth-order valence-corrected chi connectivity index (χ4v) is 3.55. The van der Waals surface area contributed by atoms with E-state index in [0.29, 0.717) is 29.6 Å². The van der Waals surface area contributed by atoms with E-state index in [1.165, 1.54) is 5.56 Å². The quantitative estimate of drug-likeness (QED) is 0.623. The maximum absolute atomic E-state index is 12.8. The molecule has 3 aromatic rings. The minimum atomic E-state index is -0.0409. The Bertz CT molecular complexity index is 952. The smallest absolute Gasteiger partial charge is 0.274 e. The maximum atomic E-state index is 12.8. The van der Waals surface area contributed by atoms with Crippen molar-refractivity contribution >= 4 is 17.5 Å². The molecule has 0 unspecified atom stereocenters. The first kappa shape index (κ1) is 19.5. The van der Waals surface area contributed by atoms with E-state index in [1.807, 2.05) is 23.1 Å². The first-order valence-corrected chi connectivity index (χ1v) is 10.0. The third-order valence-electron chi connectivity index (χ3n) is 4.96. The van der Waals surface area contributed by atoms with Gasteiger partial charge >= 0.3 is 0 Å². The lowest BCUT2D eigenvalue weighted by atomic mass is 10.2. The molecule has 1 saturated heterocycles. The van der Waals surface area contributed by atoms with Gasteiger partial charge in [0.2, 0.25) is 0 Å². The van der Waals surface area contributed by atoms with E-state index in [1.54, 1.807) is 29.1 Å². The van der Waals surface area contributed by atoms with Crippen LogP contribution < -0.4 is 4.74 Å². The van der Waals surface area contributed by atoms with Crippen LogP contribution in [-0.2, 0) is 13.3 Å². The molecule has 1 aromatic heterocycles. The molecular formula is C22H23ClN4O2. The molecule has 1 fully saturated rings.